The molecule has 1 saturated heterocycles. The fourth-order valence-corrected chi connectivity index (χ4v) is 3.54. The number of benzene rings is 1. The van der Waals surface area contributed by atoms with Gasteiger partial charge in [-0.15, -0.1) is 0 Å². The molecule has 162 valence electrons. The Morgan fingerprint density at radius 1 is 1.35 bits per heavy atom. The minimum atomic E-state index is -5.04. The third-order valence-electron chi connectivity index (χ3n) is 4.62. The Labute approximate surface area is 196 Å². The van der Waals surface area contributed by atoms with E-state index < -0.39 is 49.0 Å². The number of aromatic nitrogens is 2. The summed E-state index contributed by atoms with van der Waals surface area (Å²) in [6, 6.07) is 5.14. The van der Waals surface area contributed by atoms with Gasteiger partial charge in [-0.2, -0.15) is 0 Å². The maximum Gasteiger partial charge on any atom is 1.00 e. The number of aliphatic hydroxyl groups is 1. The van der Waals surface area contributed by atoms with Crippen LogP contribution in [0.1, 0.15) is 18.2 Å². The van der Waals surface area contributed by atoms with Crippen molar-refractivity contribution in [1.29, 1.82) is 0 Å². The summed E-state index contributed by atoms with van der Waals surface area (Å²) in [7, 11) is -5.04. The number of aliphatic hydroxyl groups excluding tert-OH is 1. The van der Waals surface area contributed by atoms with Crippen molar-refractivity contribution in [3.63, 3.8) is 0 Å². The molecule has 1 fully saturated rings. The van der Waals surface area contributed by atoms with Gasteiger partial charge < -0.3 is 24.2 Å². The summed E-state index contributed by atoms with van der Waals surface area (Å²) in [5.41, 5.74) is -1.15. The van der Waals surface area contributed by atoms with Crippen LogP contribution in [0.5, 0.6) is 0 Å². The van der Waals surface area contributed by atoms with Crippen LogP contribution in [0.4, 0.5) is 5.69 Å². The van der Waals surface area contributed by atoms with Crippen LogP contribution < -0.4 is 45.7 Å². The van der Waals surface area contributed by atoms with Crippen molar-refractivity contribution in [2.75, 3.05) is 6.61 Å². The average molecular weight is 465 g/mol. The van der Waals surface area contributed by atoms with Crippen LogP contribution in [0.2, 0.25) is 0 Å². The van der Waals surface area contributed by atoms with Crippen LogP contribution in [0.15, 0.2) is 33.9 Å². The van der Waals surface area contributed by atoms with Gasteiger partial charge in [-0.05, 0) is 24.6 Å². The standard InChI is InChI=1S/C16H18N3O10P.Na/c1-8-14(9-2-4-10(5-3-9)19(23)24)18(16(22)17-15(8)21)13-6-11(20)12(29-13)7-28-30(25,26)27;/h2-5,11-13,20H,6-7H2,1H3,(H,17,21,22)(H2,25,26,27);/q;+1/p-1/t11?,12-,13-;/m0./s1. The molecule has 13 nitrogen and oxygen atoms in total. The number of nitrogens with zero attached hydrogens (tertiary/aromatic N) is 2. The Morgan fingerprint density at radius 3 is 2.52 bits per heavy atom. The molecule has 3 rings (SSSR count). The number of hydrogen-bond donors (Lipinski definition) is 3. The third kappa shape index (κ3) is 5.77. The van der Waals surface area contributed by atoms with Crippen LogP contribution in [0.3, 0.4) is 0 Å². The molecule has 1 aromatic heterocycles. The molecule has 2 unspecified atom stereocenters. The molecule has 15 heteroatoms. The van der Waals surface area contributed by atoms with Crippen LogP contribution in [-0.2, 0) is 13.8 Å². The number of aromatic amines is 1. The molecule has 1 aliphatic rings. The van der Waals surface area contributed by atoms with Gasteiger partial charge in [0.25, 0.3) is 19.1 Å². The summed E-state index contributed by atoms with van der Waals surface area (Å²) in [6.07, 6.45) is -3.65. The van der Waals surface area contributed by atoms with Crippen molar-refractivity contribution in [3.8, 4) is 11.3 Å². The smallest absolute Gasteiger partial charge is 0.756 e. The minimum absolute atomic E-state index is 0. The fourth-order valence-electron chi connectivity index (χ4n) is 3.20. The summed E-state index contributed by atoms with van der Waals surface area (Å²) in [4.78, 5) is 56.6. The third-order valence-corrected chi connectivity index (χ3v) is 5.10. The average Bonchev–Trinajstić information content (AvgIpc) is 3.02. The first-order valence-electron chi connectivity index (χ1n) is 8.60. The van der Waals surface area contributed by atoms with E-state index in [1.54, 1.807) is 0 Å². The molecule has 2 aromatic rings. The number of phosphoric ester groups is 1. The molecule has 0 spiro atoms. The van der Waals surface area contributed by atoms with E-state index in [1.807, 2.05) is 0 Å². The summed E-state index contributed by atoms with van der Waals surface area (Å²) in [5.74, 6) is 0. The summed E-state index contributed by atoms with van der Waals surface area (Å²) in [6.45, 7) is 0.760. The van der Waals surface area contributed by atoms with E-state index in [-0.39, 0.29) is 52.9 Å². The predicted molar refractivity (Wildman–Crippen MR) is 98.5 cm³/mol. The Bertz CT molecular complexity index is 1130. The second kappa shape index (κ2) is 9.86. The van der Waals surface area contributed by atoms with Gasteiger partial charge in [-0.3, -0.25) is 29.0 Å². The quantitative estimate of drug-likeness (QED) is 0.167. The molecule has 0 bridgehead atoms. The van der Waals surface area contributed by atoms with E-state index in [0.717, 1.165) is 4.57 Å². The number of phosphoric acid groups is 1. The number of rotatable bonds is 6. The monoisotopic (exact) mass is 465 g/mol. The summed E-state index contributed by atoms with van der Waals surface area (Å²) in [5, 5.41) is 21.0. The summed E-state index contributed by atoms with van der Waals surface area (Å²) >= 11 is 0. The van der Waals surface area contributed by atoms with Gasteiger partial charge >= 0.3 is 35.2 Å². The predicted octanol–water partition coefficient (Wildman–Crippen LogP) is -3.45. The largest absolute Gasteiger partial charge is 1.00 e. The van der Waals surface area contributed by atoms with Crippen LogP contribution in [0, 0.1) is 17.0 Å². The van der Waals surface area contributed by atoms with Crippen molar-refractivity contribution in [1.82, 2.24) is 9.55 Å². The van der Waals surface area contributed by atoms with E-state index in [4.69, 9.17) is 9.63 Å². The number of non-ortho nitro benzene ring substituents is 1. The van der Waals surface area contributed by atoms with Crippen LogP contribution in [0.25, 0.3) is 11.3 Å². The van der Waals surface area contributed by atoms with Crippen LogP contribution >= 0.6 is 7.82 Å². The van der Waals surface area contributed by atoms with Crippen molar-refractivity contribution in [3.05, 3.63) is 60.8 Å². The van der Waals surface area contributed by atoms with Crippen molar-refractivity contribution >= 4 is 13.5 Å². The van der Waals surface area contributed by atoms with Gasteiger partial charge in [0.15, 0.2) is 0 Å². The first kappa shape index (κ1) is 25.6. The second-order valence-electron chi connectivity index (χ2n) is 6.60. The zero-order valence-corrected chi connectivity index (χ0v) is 19.4. The topological polar surface area (TPSA) is 197 Å². The molecular formula is C16H17N3NaO10P. The van der Waals surface area contributed by atoms with E-state index in [2.05, 4.69) is 9.51 Å². The number of ether oxygens (including phenoxy) is 1. The van der Waals surface area contributed by atoms with Crippen molar-refractivity contribution in [2.45, 2.75) is 31.8 Å². The maximum atomic E-state index is 12.6. The number of H-pyrrole nitrogens is 1. The van der Waals surface area contributed by atoms with E-state index in [9.17, 15) is 34.3 Å². The molecule has 3 N–H and O–H groups in total. The second-order valence-corrected chi connectivity index (χ2v) is 7.80. The molecule has 0 radical (unpaired) electrons. The Hall–Kier alpha value is -1.67. The molecule has 1 aromatic carbocycles. The Morgan fingerprint density at radius 2 is 1.97 bits per heavy atom. The van der Waals surface area contributed by atoms with Crippen molar-refractivity contribution < 1.29 is 63.2 Å². The molecule has 1 aliphatic heterocycles. The molecule has 4 atom stereocenters. The van der Waals surface area contributed by atoms with E-state index in [1.165, 1.54) is 31.2 Å². The van der Waals surface area contributed by atoms with E-state index >= 15 is 0 Å². The SMILES string of the molecule is Cc1c(-c2ccc([N+](=O)[O-])cc2)n([C@@H]2CC(O)[C@H](COP(=O)([O-])O)O2)c(=O)[nH]c1=O.[Na+]. The molecule has 0 saturated carbocycles. The number of nitrogens with one attached hydrogen (secondary N) is 1. The van der Waals surface area contributed by atoms with E-state index in [0.29, 0.717) is 5.56 Å². The fraction of sp³-hybridized carbons (Fsp3) is 0.375. The number of hydrogen-bond acceptors (Lipinski definition) is 9. The molecule has 0 aliphatic carbocycles. The van der Waals surface area contributed by atoms with Crippen molar-refractivity contribution in [2.24, 2.45) is 0 Å². The molecule has 31 heavy (non-hydrogen) atoms. The maximum absolute atomic E-state index is 12.6. The van der Waals surface area contributed by atoms with Crippen LogP contribution in [-0.4, -0.2) is 43.3 Å². The zero-order chi connectivity index (χ0) is 22.2. The number of nitro groups is 1. The van der Waals surface area contributed by atoms with Gasteiger partial charge in [-0.1, -0.05) is 0 Å². The first-order valence-corrected chi connectivity index (χ1v) is 10.1. The molecule has 0 amide bonds. The van der Waals surface area contributed by atoms with Gasteiger partial charge in [0.05, 0.1) is 23.3 Å². The zero-order valence-electron chi connectivity index (χ0n) is 16.5. The Kier molecular flexibility index (Phi) is 8.14. The summed E-state index contributed by atoms with van der Waals surface area (Å²) < 4.78 is 21.6. The molecular weight excluding hydrogens is 448 g/mol. The van der Waals surface area contributed by atoms with Gasteiger partial charge in [-0.25, -0.2) is 4.79 Å². The van der Waals surface area contributed by atoms with Gasteiger partial charge in [0, 0.05) is 24.1 Å². The Balaban J connectivity index is 0.00000341. The van der Waals surface area contributed by atoms with Gasteiger partial charge in [0.1, 0.15) is 12.3 Å². The van der Waals surface area contributed by atoms with Gasteiger partial charge in [0.2, 0.25) is 0 Å². The minimum Gasteiger partial charge on any atom is -0.756 e. The first-order chi connectivity index (χ1) is 14.0. The number of nitro benzene ring substituents is 1. The normalized spacial score (nSPS) is 22.5. The molecule has 2 heterocycles.